The topological polar surface area (TPSA) is 91.3 Å². The van der Waals surface area contributed by atoms with Crippen molar-refractivity contribution in [1.29, 1.82) is 0 Å². The molecule has 2 aromatic rings. The lowest BCUT2D eigenvalue weighted by molar-refractivity contribution is -0.384. The number of nitro groups is 1. The van der Waals surface area contributed by atoms with Crippen molar-refractivity contribution < 1.29 is 14.1 Å². The molecule has 0 bridgehead atoms. The van der Waals surface area contributed by atoms with Crippen LogP contribution in [0.2, 0.25) is 0 Å². The third-order valence-electron chi connectivity index (χ3n) is 2.19. The van der Waals surface area contributed by atoms with E-state index in [1.54, 1.807) is 0 Å². The monoisotopic (exact) mass is 327 g/mol. The number of ether oxygens (including phenoxy) is 1. The van der Waals surface area contributed by atoms with Gasteiger partial charge in [0.05, 0.1) is 9.40 Å². The van der Waals surface area contributed by atoms with Gasteiger partial charge in [-0.2, -0.15) is 4.98 Å². The SMILES string of the molecule is Nc1nc(Oc2ccc(Br)c(F)c2)ccc1[N+](=O)[O-]. The first-order valence-corrected chi connectivity index (χ1v) is 5.80. The molecule has 98 valence electrons. The first-order chi connectivity index (χ1) is 8.97. The van der Waals surface area contributed by atoms with Crippen LogP contribution in [-0.2, 0) is 0 Å². The standard InChI is InChI=1S/C11H7BrFN3O3/c12-7-2-1-6(5-8(7)13)19-10-4-3-9(16(17)18)11(14)15-10/h1-5H,(H2,14,15). The highest BCUT2D eigenvalue weighted by atomic mass is 79.9. The minimum Gasteiger partial charge on any atom is -0.439 e. The number of rotatable bonds is 3. The van der Waals surface area contributed by atoms with Crippen molar-refractivity contribution >= 4 is 27.4 Å². The summed E-state index contributed by atoms with van der Waals surface area (Å²) in [4.78, 5) is 13.6. The van der Waals surface area contributed by atoms with Crippen LogP contribution >= 0.6 is 15.9 Å². The first kappa shape index (κ1) is 13.2. The molecule has 0 aliphatic rings. The van der Waals surface area contributed by atoms with Gasteiger partial charge < -0.3 is 10.5 Å². The molecule has 0 saturated carbocycles. The molecule has 0 spiro atoms. The van der Waals surface area contributed by atoms with E-state index >= 15 is 0 Å². The number of benzene rings is 1. The molecule has 1 aromatic heterocycles. The Bertz CT molecular complexity index is 651. The second-order valence-corrected chi connectivity index (χ2v) is 4.34. The normalized spacial score (nSPS) is 10.2. The molecule has 1 aromatic carbocycles. The van der Waals surface area contributed by atoms with E-state index in [9.17, 15) is 14.5 Å². The molecule has 0 saturated heterocycles. The molecule has 0 fully saturated rings. The van der Waals surface area contributed by atoms with E-state index < -0.39 is 10.7 Å². The molecule has 0 radical (unpaired) electrons. The van der Waals surface area contributed by atoms with Gasteiger partial charge in [0.1, 0.15) is 11.6 Å². The van der Waals surface area contributed by atoms with Gasteiger partial charge in [0.25, 0.3) is 0 Å². The molecule has 6 nitrogen and oxygen atoms in total. The quantitative estimate of drug-likeness (QED) is 0.690. The molecule has 0 aliphatic carbocycles. The lowest BCUT2D eigenvalue weighted by Crippen LogP contribution is -1.99. The van der Waals surface area contributed by atoms with Crippen molar-refractivity contribution in [1.82, 2.24) is 4.98 Å². The van der Waals surface area contributed by atoms with Gasteiger partial charge in [0.15, 0.2) is 0 Å². The van der Waals surface area contributed by atoms with Crippen LogP contribution in [0.3, 0.4) is 0 Å². The van der Waals surface area contributed by atoms with Crippen LogP contribution in [0.1, 0.15) is 0 Å². The zero-order valence-corrected chi connectivity index (χ0v) is 10.9. The number of aromatic nitrogens is 1. The number of hydrogen-bond donors (Lipinski definition) is 1. The zero-order chi connectivity index (χ0) is 14.0. The summed E-state index contributed by atoms with van der Waals surface area (Å²) in [6, 6.07) is 6.61. The van der Waals surface area contributed by atoms with Gasteiger partial charge in [-0.1, -0.05) is 0 Å². The van der Waals surface area contributed by atoms with Gasteiger partial charge in [-0.15, -0.1) is 0 Å². The number of nitrogen functional groups attached to an aromatic ring is 1. The molecule has 0 amide bonds. The fourth-order valence-corrected chi connectivity index (χ4v) is 1.57. The van der Waals surface area contributed by atoms with Crippen LogP contribution in [-0.4, -0.2) is 9.91 Å². The first-order valence-electron chi connectivity index (χ1n) is 5.01. The molecular weight excluding hydrogens is 321 g/mol. The van der Waals surface area contributed by atoms with Gasteiger partial charge in [-0.3, -0.25) is 10.1 Å². The van der Waals surface area contributed by atoms with E-state index in [1.165, 1.54) is 24.3 Å². The van der Waals surface area contributed by atoms with Gasteiger partial charge in [0.2, 0.25) is 11.7 Å². The Morgan fingerprint density at radius 1 is 1.37 bits per heavy atom. The molecule has 0 unspecified atom stereocenters. The van der Waals surface area contributed by atoms with Crippen molar-refractivity contribution in [2.24, 2.45) is 0 Å². The van der Waals surface area contributed by atoms with Crippen molar-refractivity contribution in [3.05, 3.63) is 50.7 Å². The molecule has 2 rings (SSSR count). The summed E-state index contributed by atoms with van der Waals surface area (Å²) in [6.07, 6.45) is 0. The van der Waals surface area contributed by atoms with Gasteiger partial charge in [-0.05, 0) is 28.1 Å². The predicted octanol–water partition coefficient (Wildman–Crippen LogP) is 3.27. The largest absolute Gasteiger partial charge is 0.439 e. The smallest absolute Gasteiger partial charge is 0.311 e. The van der Waals surface area contributed by atoms with Gasteiger partial charge in [-0.25, -0.2) is 4.39 Å². The lowest BCUT2D eigenvalue weighted by Gasteiger charge is -2.06. The Labute approximate surface area is 115 Å². The van der Waals surface area contributed by atoms with Crippen LogP contribution in [0.25, 0.3) is 0 Å². The van der Waals surface area contributed by atoms with Crippen LogP contribution < -0.4 is 10.5 Å². The van der Waals surface area contributed by atoms with Gasteiger partial charge in [0, 0.05) is 18.2 Å². The van der Waals surface area contributed by atoms with Crippen molar-refractivity contribution in [3.63, 3.8) is 0 Å². The summed E-state index contributed by atoms with van der Waals surface area (Å²) in [5.74, 6) is -0.501. The fourth-order valence-electron chi connectivity index (χ4n) is 1.32. The molecule has 0 aliphatic heterocycles. The van der Waals surface area contributed by atoms with E-state index in [2.05, 4.69) is 20.9 Å². The molecular formula is C11H7BrFN3O3. The molecule has 1 heterocycles. The lowest BCUT2D eigenvalue weighted by atomic mass is 10.3. The highest BCUT2D eigenvalue weighted by Gasteiger charge is 2.14. The Balaban J connectivity index is 2.26. The second-order valence-electron chi connectivity index (χ2n) is 3.49. The average molecular weight is 328 g/mol. The van der Waals surface area contributed by atoms with Gasteiger partial charge >= 0.3 is 5.69 Å². The van der Waals surface area contributed by atoms with Crippen LogP contribution in [0.15, 0.2) is 34.8 Å². The summed E-state index contributed by atoms with van der Waals surface area (Å²) in [6.45, 7) is 0. The number of nitrogens with two attached hydrogens (primary N) is 1. The maximum atomic E-state index is 13.3. The minimum absolute atomic E-state index is 0.0461. The summed E-state index contributed by atoms with van der Waals surface area (Å²) in [5, 5.41) is 10.6. The van der Waals surface area contributed by atoms with Crippen LogP contribution in [0.5, 0.6) is 11.6 Å². The second kappa shape index (κ2) is 5.19. The molecule has 2 N–H and O–H groups in total. The van der Waals surface area contributed by atoms with Crippen molar-refractivity contribution in [3.8, 4) is 11.6 Å². The Morgan fingerprint density at radius 2 is 2.11 bits per heavy atom. The van der Waals surface area contributed by atoms with Crippen molar-refractivity contribution in [2.45, 2.75) is 0 Å². The van der Waals surface area contributed by atoms with Crippen LogP contribution in [0, 0.1) is 15.9 Å². The summed E-state index contributed by atoms with van der Waals surface area (Å²) in [7, 11) is 0. The zero-order valence-electron chi connectivity index (χ0n) is 9.34. The maximum Gasteiger partial charge on any atom is 0.311 e. The van der Waals surface area contributed by atoms with E-state index in [1.807, 2.05) is 0 Å². The molecule has 0 atom stereocenters. The Morgan fingerprint density at radius 3 is 2.68 bits per heavy atom. The summed E-state index contributed by atoms with van der Waals surface area (Å²) in [5.41, 5.74) is 5.10. The summed E-state index contributed by atoms with van der Waals surface area (Å²) >= 11 is 3.01. The Hall–Kier alpha value is -2.22. The van der Waals surface area contributed by atoms with E-state index in [4.69, 9.17) is 10.5 Å². The average Bonchev–Trinajstić information content (AvgIpc) is 2.33. The number of pyridine rings is 1. The minimum atomic E-state index is -0.647. The summed E-state index contributed by atoms with van der Waals surface area (Å²) < 4.78 is 18.8. The highest BCUT2D eigenvalue weighted by Crippen LogP contribution is 2.27. The number of nitrogens with zero attached hydrogens (tertiary/aromatic N) is 2. The number of hydrogen-bond acceptors (Lipinski definition) is 5. The molecule has 8 heteroatoms. The Kier molecular flexibility index (Phi) is 3.61. The number of halogens is 2. The van der Waals surface area contributed by atoms with E-state index in [-0.39, 0.29) is 23.1 Å². The highest BCUT2D eigenvalue weighted by molar-refractivity contribution is 9.10. The van der Waals surface area contributed by atoms with Crippen molar-refractivity contribution in [2.75, 3.05) is 5.73 Å². The predicted molar refractivity (Wildman–Crippen MR) is 69.5 cm³/mol. The third kappa shape index (κ3) is 2.97. The van der Waals surface area contributed by atoms with E-state index in [0.717, 1.165) is 6.07 Å². The number of anilines is 1. The van der Waals surface area contributed by atoms with Crippen LogP contribution in [0.4, 0.5) is 15.9 Å². The third-order valence-corrected chi connectivity index (χ3v) is 2.83. The fraction of sp³-hybridized carbons (Fsp3) is 0. The maximum absolute atomic E-state index is 13.3. The van der Waals surface area contributed by atoms with E-state index in [0.29, 0.717) is 4.47 Å². The molecule has 19 heavy (non-hydrogen) atoms.